The van der Waals surface area contributed by atoms with Gasteiger partial charge in [0.2, 0.25) is 0 Å². The van der Waals surface area contributed by atoms with Crippen LogP contribution >= 0.6 is 0 Å². The Morgan fingerprint density at radius 3 is 0.955 bits per heavy atom. The summed E-state index contributed by atoms with van der Waals surface area (Å²) in [5.41, 5.74) is 0. The Kier molecular flexibility index (Phi) is 52.3. The van der Waals surface area contributed by atoms with Crippen LogP contribution in [0.15, 0.2) is 60.8 Å². The van der Waals surface area contributed by atoms with Crippen LogP contribution in [-0.2, 0) is 28.6 Å². The molecule has 0 radical (unpaired) electrons. The van der Waals surface area contributed by atoms with Gasteiger partial charge in [-0.1, -0.05) is 242 Å². The van der Waals surface area contributed by atoms with E-state index in [0.29, 0.717) is 19.3 Å². The summed E-state index contributed by atoms with van der Waals surface area (Å²) in [6.45, 7) is 6.50. The van der Waals surface area contributed by atoms with Gasteiger partial charge in [-0.2, -0.15) is 0 Å². The first kappa shape index (κ1) is 63.1. The van der Waals surface area contributed by atoms with E-state index in [1.165, 1.54) is 148 Å². The van der Waals surface area contributed by atoms with Gasteiger partial charge in [0.1, 0.15) is 13.2 Å². The van der Waals surface area contributed by atoms with Crippen molar-refractivity contribution >= 4 is 17.9 Å². The number of hydrogen-bond donors (Lipinski definition) is 0. The van der Waals surface area contributed by atoms with Crippen molar-refractivity contribution in [1.82, 2.24) is 0 Å². The Hall–Kier alpha value is -2.89. The molecule has 0 saturated heterocycles. The van der Waals surface area contributed by atoms with Gasteiger partial charge in [0, 0.05) is 19.3 Å². The van der Waals surface area contributed by atoms with Gasteiger partial charge in [-0.3, -0.25) is 14.4 Å². The maximum absolute atomic E-state index is 12.8. The van der Waals surface area contributed by atoms with Gasteiger partial charge in [-0.25, -0.2) is 0 Å². The van der Waals surface area contributed by atoms with Gasteiger partial charge in [-0.15, -0.1) is 0 Å². The van der Waals surface area contributed by atoms with Crippen molar-refractivity contribution in [2.75, 3.05) is 13.2 Å². The molecule has 0 saturated carbocycles. The van der Waals surface area contributed by atoms with E-state index in [1.807, 2.05) is 0 Å². The molecule has 0 rings (SSSR count). The minimum Gasteiger partial charge on any atom is -0.462 e. The molecule has 0 bridgehead atoms. The molecule has 6 nitrogen and oxygen atoms in total. The van der Waals surface area contributed by atoms with Gasteiger partial charge in [0.15, 0.2) is 6.10 Å². The summed E-state index contributed by atoms with van der Waals surface area (Å²) >= 11 is 0. The first-order valence-electron chi connectivity index (χ1n) is 28.3. The van der Waals surface area contributed by atoms with Crippen LogP contribution in [0.4, 0.5) is 0 Å². The molecular formula is C60H106O6. The number of hydrogen-bond acceptors (Lipinski definition) is 6. The maximum Gasteiger partial charge on any atom is 0.306 e. The molecule has 0 aliphatic heterocycles. The molecule has 0 spiro atoms. The summed E-state index contributed by atoms with van der Waals surface area (Å²) in [6, 6.07) is 0. The highest BCUT2D eigenvalue weighted by Gasteiger charge is 2.19. The molecule has 0 aliphatic carbocycles. The molecule has 1 unspecified atom stereocenters. The topological polar surface area (TPSA) is 78.9 Å². The standard InChI is InChI=1S/C60H106O6/c1-4-7-10-13-16-19-22-25-27-29-31-32-35-38-41-44-47-50-53-59(62)65-56-57(55-64-58(61)52-49-46-43-40-37-34-24-21-18-15-12-9-6-3)66-60(63)54-51-48-45-42-39-36-33-30-28-26-23-20-17-14-11-8-5-2/h9,12,18-19,21-22,27,29,34,37,57H,4-8,10-11,13-17,20,23-26,28,30-33,35-36,38-56H2,1-3H3/b12-9-,21-18-,22-19-,29-27-,37-34-. The SMILES string of the molecule is CC/C=C\C/C=C\C/C=C\CCCCCC(=O)OCC(COC(=O)CCCCCCCCC/C=C\C/C=C\CCCCCC)OC(=O)CCCCCCCCCCCCCCCCCCC. The highest BCUT2D eigenvalue weighted by Crippen LogP contribution is 2.16. The predicted octanol–water partition coefficient (Wildman–Crippen LogP) is 18.8. The van der Waals surface area contributed by atoms with Crippen molar-refractivity contribution in [2.45, 2.75) is 290 Å². The fourth-order valence-electron chi connectivity index (χ4n) is 8.02. The third-order valence-corrected chi connectivity index (χ3v) is 12.3. The Bertz CT molecular complexity index is 1200. The van der Waals surface area contributed by atoms with E-state index in [2.05, 4.69) is 81.5 Å². The van der Waals surface area contributed by atoms with E-state index in [1.54, 1.807) is 0 Å². The number of allylic oxidation sites excluding steroid dienone is 10. The van der Waals surface area contributed by atoms with Gasteiger partial charge < -0.3 is 14.2 Å². The van der Waals surface area contributed by atoms with Crippen molar-refractivity contribution in [3.8, 4) is 0 Å². The van der Waals surface area contributed by atoms with E-state index < -0.39 is 6.10 Å². The van der Waals surface area contributed by atoms with Crippen LogP contribution in [0, 0.1) is 0 Å². The molecule has 0 aromatic rings. The third kappa shape index (κ3) is 52.1. The van der Waals surface area contributed by atoms with Crippen LogP contribution < -0.4 is 0 Å². The van der Waals surface area contributed by atoms with Crippen LogP contribution in [-0.4, -0.2) is 37.2 Å². The van der Waals surface area contributed by atoms with Gasteiger partial charge in [0.05, 0.1) is 0 Å². The number of esters is 3. The summed E-state index contributed by atoms with van der Waals surface area (Å²) in [5.74, 6) is -0.912. The second kappa shape index (κ2) is 54.7. The van der Waals surface area contributed by atoms with Crippen LogP contribution in [0.3, 0.4) is 0 Å². The van der Waals surface area contributed by atoms with E-state index in [9.17, 15) is 14.4 Å². The minimum absolute atomic E-state index is 0.0857. The highest BCUT2D eigenvalue weighted by molar-refractivity contribution is 5.71. The van der Waals surface area contributed by atoms with Crippen LogP contribution in [0.5, 0.6) is 0 Å². The molecular weight excluding hydrogens is 817 g/mol. The zero-order chi connectivity index (χ0) is 47.9. The average Bonchev–Trinajstić information content (AvgIpc) is 3.31. The highest BCUT2D eigenvalue weighted by atomic mass is 16.6. The molecule has 66 heavy (non-hydrogen) atoms. The lowest BCUT2D eigenvalue weighted by molar-refractivity contribution is -0.167. The normalized spacial score (nSPS) is 12.5. The fourth-order valence-corrected chi connectivity index (χ4v) is 8.02. The Labute approximate surface area is 409 Å². The molecule has 0 fully saturated rings. The number of rotatable bonds is 51. The zero-order valence-corrected chi connectivity index (χ0v) is 43.7. The van der Waals surface area contributed by atoms with E-state index in [-0.39, 0.29) is 31.1 Å². The molecule has 382 valence electrons. The Morgan fingerprint density at radius 1 is 0.318 bits per heavy atom. The van der Waals surface area contributed by atoms with Crippen LogP contribution in [0.25, 0.3) is 0 Å². The molecule has 0 amide bonds. The van der Waals surface area contributed by atoms with Crippen molar-refractivity contribution in [3.63, 3.8) is 0 Å². The monoisotopic (exact) mass is 923 g/mol. The van der Waals surface area contributed by atoms with E-state index in [4.69, 9.17) is 14.2 Å². The first-order chi connectivity index (χ1) is 32.5. The lowest BCUT2D eigenvalue weighted by Crippen LogP contribution is -2.30. The van der Waals surface area contributed by atoms with E-state index in [0.717, 1.165) is 96.3 Å². The quantitative estimate of drug-likeness (QED) is 0.0262. The largest absolute Gasteiger partial charge is 0.462 e. The maximum atomic E-state index is 12.8. The first-order valence-corrected chi connectivity index (χ1v) is 28.3. The third-order valence-electron chi connectivity index (χ3n) is 12.3. The number of carbonyl (C=O) groups is 3. The van der Waals surface area contributed by atoms with Crippen LogP contribution in [0.1, 0.15) is 284 Å². The summed E-state index contributed by atoms with van der Waals surface area (Å²) < 4.78 is 16.8. The lowest BCUT2D eigenvalue weighted by Gasteiger charge is -2.18. The molecule has 1 atom stereocenters. The molecule has 0 N–H and O–H groups in total. The fraction of sp³-hybridized carbons (Fsp3) is 0.783. The smallest absolute Gasteiger partial charge is 0.306 e. The number of unbranched alkanes of at least 4 members (excludes halogenated alkanes) is 30. The average molecular weight is 924 g/mol. The van der Waals surface area contributed by atoms with Gasteiger partial charge in [0.25, 0.3) is 0 Å². The summed E-state index contributed by atoms with van der Waals surface area (Å²) in [7, 11) is 0. The lowest BCUT2D eigenvalue weighted by atomic mass is 10.0. The second-order valence-corrected chi connectivity index (χ2v) is 18.8. The Morgan fingerprint density at radius 2 is 0.591 bits per heavy atom. The van der Waals surface area contributed by atoms with Crippen molar-refractivity contribution in [1.29, 1.82) is 0 Å². The van der Waals surface area contributed by atoms with Gasteiger partial charge in [-0.05, 0) is 83.5 Å². The summed E-state index contributed by atoms with van der Waals surface area (Å²) in [5, 5.41) is 0. The minimum atomic E-state index is -0.787. The molecule has 0 aliphatic rings. The Balaban J connectivity index is 4.38. The van der Waals surface area contributed by atoms with Crippen molar-refractivity contribution in [2.24, 2.45) is 0 Å². The summed E-state index contributed by atoms with van der Waals surface area (Å²) in [6.07, 6.45) is 67.8. The molecule has 0 aromatic carbocycles. The predicted molar refractivity (Wildman–Crippen MR) is 284 cm³/mol. The molecule has 6 heteroatoms. The number of ether oxygens (including phenoxy) is 3. The zero-order valence-electron chi connectivity index (χ0n) is 43.7. The molecule has 0 heterocycles. The molecule has 0 aromatic heterocycles. The van der Waals surface area contributed by atoms with Crippen LogP contribution in [0.2, 0.25) is 0 Å². The van der Waals surface area contributed by atoms with E-state index >= 15 is 0 Å². The number of carbonyl (C=O) groups excluding carboxylic acids is 3. The second-order valence-electron chi connectivity index (χ2n) is 18.8. The summed E-state index contributed by atoms with van der Waals surface area (Å²) in [4.78, 5) is 38.1. The van der Waals surface area contributed by atoms with Gasteiger partial charge >= 0.3 is 17.9 Å². The van der Waals surface area contributed by atoms with Crippen molar-refractivity contribution < 1.29 is 28.6 Å². The van der Waals surface area contributed by atoms with Crippen molar-refractivity contribution in [3.05, 3.63) is 60.8 Å².